The molecule has 3 rings (SSSR count). The Kier molecular flexibility index (Phi) is 3.35. The molecule has 3 heteroatoms. The first-order valence-electron chi connectivity index (χ1n) is 6.84. The van der Waals surface area contributed by atoms with Crippen LogP contribution < -0.4 is 5.32 Å². The summed E-state index contributed by atoms with van der Waals surface area (Å²) in [5.41, 5.74) is 2.62. The number of rotatable bonds is 4. The Hall–Kier alpha value is -1.32. The van der Waals surface area contributed by atoms with Crippen molar-refractivity contribution < 1.29 is 0 Å². The van der Waals surface area contributed by atoms with Gasteiger partial charge in [-0.1, -0.05) is 18.2 Å². The molecule has 18 heavy (non-hydrogen) atoms. The van der Waals surface area contributed by atoms with Crippen molar-refractivity contribution in [1.29, 1.82) is 0 Å². The molecule has 1 atom stereocenters. The third-order valence-electron chi connectivity index (χ3n) is 3.98. The monoisotopic (exact) mass is 243 g/mol. The number of likely N-dealkylation sites (N-methyl/N-ethyl adjacent to an activating group) is 1. The fourth-order valence-electron chi connectivity index (χ4n) is 2.95. The van der Waals surface area contributed by atoms with Gasteiger partial charge in [0.15, 0.2) is 0 Å². The lowest BCUT2D eigenvalue weighted by Gasteiger charge is -2.22. The minimum absolute atomic E-state index is 0.416. The lowest BCUT2D eigenvalue weighted by Crippen LogP contribution is -2.31. The van der Waals surface area contributed by atoms with E-state index in [1.165, 1.54) is 42.4 Å². The number of benzene rings is 1. The van der Waals surface area contributed by atoms with Gasteiger partial charge in [0.2, 0.25) is 0 Å². The van der Waals surface area contributed by atoms with E-state index in [-0.39, 0.29) is 0 Å². The third kappa shape index (κ3) is 2.16. The van der Waals surface area contributed by atoms with Crippen molar-refractivity contribution in [3.8, 4) is 0 Å². The van der Waals surface area contributed by atoms with Crippen molar-refractivity contribution >= 4 is 10.9 Å². The van der Waals surface area contributed by atoms with E-state index in [9.17, 15) is 0 Å². The molecule has 0 saturated carbocycles. The molecule has 0 aliphatic carbocycles. The van der Waals surface area contributed by atoms with Gasteiger partial charge in [-0.2, -0.15) is 0 Å². The lowest BCUT2D eigenvalue weighted by molar-refractivity contribution is 0.300. The molecule has 1 saturated heterocycles. The fraction of sp³-hybridized carbons (Fsp3) is 0.467. The Balaban J connectivity index is 1.86. The number of H-pyrrole nitrogens is 1. The number of hydrogen-bond donors (Lipinski definition) is 2. The molecule has 1 aliphatic heterocycles. The van der Waals surface area contributed by atoms with E-state index in [1.54, 1.807) is 0 Å². The highest BCUT2D eigenvalue weighted by molar-refractivity contribution is 5.83. The summed E-state index contributed by atoms with van der Waals surface area (Å²) in [5.74, 6) is 0. The Labute approximate surface area is 108 Å². The summed E-state index contributed by atoms with van der Waals surface area (Å²) >= 11 is 0. The van der Waals surface area contributed by atoms with Gasteiger partial charge < -0.3 is 15.2 Å². The highest BCUT2D eigenvalue weighted by Crippen LogP contribution is 2.25. The summed E-state index contributed by atoms with van der Waals surface area (Å²) in [6.07, 6.45) is 4.86. The molecule has 3 nitrogen and oxygen atoms in total. The zero-order valence-electron chi connectivity index (χ0n) is 10.9. The number of aromatic nitrogens is 1. The zero-order chi connectivity index (χ0) is 12.4. The van der Waals surface area contributed by atoms with Crippen LogP contribution in [0.5, 0.6) is 0 Å². The minimum Gasteiger partial charge on any atom is -0.361 e. The van der Waals surface area contributed by atoms with E-state index in [2.05, 4.69) is 52.7 Å². The van der Waals surface area contributed by atoms with Crippen molar-refractivity contribution in [3.05, 3.63) is 36.0 Å². The number of para-hydroxylation sites is 1. The van der Waals surface area contributed by atoms with Gasteiger partial charge >= 0.3 is 0 Å². The maximum Gasteiger partial charge on any atom is 0.0468 e. The molecule has 0 unspecified atom stereocenters. The molecule has 0 spiro atoms. The average molecular weight is 243 g/mol. The standard InChI is InChI=1S/C15H21N3/c1-16-15(11-18-8-4-5-9-18)13-10-17-14-7-3-2-6-12(13)14/h2-3,6-7,10,15-17H,4-5,8-9,11H2,1H3/t15-/m1/s1. The largest absolute Gasteiger partial charge is 0.361 e. The van der Waals surface area contributed by atoms with Crippen LogP contribution in [0.25, 0.3) is 10.9 Å². The second-order valence-electron chi connectivity index (χ2n) is 5.14. The Morgan fingerprint density at radius 3 is 2.83 bits per heavy atom. The number of hydrogen-bond acceptors (Lipinski definition) is 2. The van der Waals surface area contributed by atoms with E-state index in [4.69, 9.17) is 0 Å². The lowest BCUT2D eigenvalue weighted by atomic mass is 10.1. The molecular weight excluding hydrogens is 222 g/mol. The van der Waals surface area contributed by atoms with E-state index >= 15 is 0 Å². The maximum absolute atomic E-state index is 3.46. The van der Waals surface area contributed by atoms with Gasteiger partial charge in [0, 0.05) is 29.7 Å². The molecule has 1 aliphatic rings. The third-order valence-corrected chi connectivity index (χ3v) is 3.98. The van der Waals surface area contributed by atoms with Crippen molar-refractivity contribution in [2.75, 3.05) is 26.7 Å². The van der Waals surface area contributed by atoms with Crippen molar-refractivity contribution in [2.45, 2.75) is 18.9 Å². The van der Waals surface area contributed by atoms with Crippen LogP contribution >= 0.6 is 0 Å². The summed E-state index contributed by atoms with van der Waals surface area (Å²) in [5, 5.41) is 4.81. The second-order valence-corrected chi connectivity index (χ2v) is 5.14. The molecule has 1 aromatic carbocycles. The van der Waals surface area contributed by atoms with Crippen LogP contribution in [0.3, 0.4) is 0 Å². The molecule has 0 bridgehead atoms. The first-order chi connectivity index (χ1) is 8.88. The number of likely N-dealkylation sites (tertiary alicyclic amines) is 1. The molecule has 2 N–H and O–H groups in total. The van der Waals surface area contributed by atoms with Crippen LogP contribution in [-0.4, -0.2) is 36.6 Å². The Morgan fingerprint density at radius 1 is 1.28 bits per heavy atom. The number of nitrogens with zero attached hydrogens (tertiary/aromatic N) is 1. The average Bonchev–Trinajstić information content (AvgIpc) is 3.05. The zero-order valence-corrected chi connectivity index (χ0v) is 10.9. The van der Waals surface area contributed by atoms with Crippen molar-refractivity contribution in [3.63, 3.8) is 0 Å². The normalized spacial score (nSPS) is 18.5. The van der Waals surface area contributed by atoms with Crippen LogP contribution in [0.2, 0.25) is 0 Å². The second kappa shape index (κ2) is 5.12. The van der Waals surface area contributed by atoms with Gasteiger partial charge in [0.25, 0.3) is 0 Å². The quantitative estimate of drug-likeness (QED) is 0.864. The molecule has 96 valence electrons. The van der Waals surface area contributed by atoms with Gasteiger partial charge in [0.1, 0.15) is 0 Å². The van der Waals surface area contributed by atoms with Crippen LogP contribution in [-0.2, 0) is 0 Å². The SMILES string of the molecule is CN[C@H](CN1CCCC1)c1c[nH]c2ccccc12. The van der Waals surface area contributed by atoms with Gasteiger partial charge in [-0.25, -0.2) is 0 Å². The fourth-order valence-corrected chi connectivity index (χ4v) is 2.95. The van der Waals surface area contributed by atoms with E-state index < -0.39 is 0 Å². The summed E-state index contributed by atoms with van der Waals surface area (Å²) in [6, 6.07) is 8.95. The predicted octanol–water partition coefficient (Wildman–Crippen LogP) is 2.52. The van der Waals surface area contributed by atoms with Crippen LogP contribution in [0.15, 0.2) is 30.5 Å². The number of fused-ring (bicyclic) bond motifs is 1. The Bertz CT molecular complexity index is 511. The molecule has 1 aromatic heterocycles. The highest BCUT2D eigenvalue weighted by atomic mass is 15.2. The van der Waals surface area contributed by atoms with Gasteiger partial charge in [-0.05, 0) is 44.6 Å². The number of nitrogens with one attached hydrogen (secondary N) is 2. The van der Waals surface area contributed by atoms with Crippen LogP contribution in [0.1, 0.15) is 24.4 Å². The maximum atomic E-state index is 3.46. The summed E-state index contributed by atoms with van der Waals surface area (Å²) in [4.78, 5) is 5.93. The van der Waals surface area contributed by atoms with Crippen molar-refractivity contribution in [2.24, 2.45) is 0 Å². The van der Waals surface area contributed by atoms with E-state index in [0.29, 0.717) is 6.04 Å². The van der Waals surface area contributed by atoms with E-state index in [1.807, 2.05) is 0 Å². The smallest absolute Gasteiger partial charge is 0.0468 e. The highest BCUT2D eigenvalue weighted by Gasteiger charge is 2.19. The molecular formula is C15H21N3. The molecule has 0 amide bonds. The van der Waals surface area contributed by atoms with Gasteiger partial charge in [0.05, 0.1) is 0 Å². The van der Waals surface area contributed by atoms with Crippen molar-refractivity contribution in [1.82, 2.24) is 15.2 Å². The van der Waals surface area contributed by atoms with E-state index in [0.717, 1.165) is 6.54 Å². The van der Waals surface area contributed by atoms with Crippen LogP contribution in [0, 0.1) is 0 Å². The predicted molar refractivity (Wildman–Crippen MR) is 75.8 cm³/mol. The summed E-state index contributed by atoms with van der Waals surface area (Å²) < 4.78 is 0. The minimum atomic E-state index is 0.416. The molecule has 1 fully saturated rings. The first kappa shape index (κ1) is 11.8. The first-order valence-corrected chi connectivity index (χ1v) is 6.84. The molecule has 2 heterocycles. The number of aromatic amines is 1. The topological polar surface area (TPSA) is 31.1 Å². The van der Waals surface area contributed by atoms with Gasteiger partial charge in [-0.15, -0.1) is 0 Å². The summed E-state index contributed by atoms with van der Waals surface area (Å²) in [6.45, 7) is 3.61. The molecule has 2 aromatic rings. The Morgan fingerprint density at radius 2 is 2.06 bits per heavy atom. The van der Waals surface area contributed by atoms with Crippen LogP contribution in [0.4, 0.5) is 0 Å². The molecule has 0 radical (unpaired) electrons. The van der Waals surface area contributed by atoms with Gasteiger partial charge in [-0.3, -0.25) is 0 Å². The summed E-state index contributed by atoms with van der Waals surface area (Å²) in [7, 11) is 2.06.